The van der Waals surface area contributed by atoms with Crippen LogP contribution >= 0.6 is 23.4 Å². The smallest absolute Gasteiger partial charge is 0.315 e. The molecule has 1 aromatic carbocycles. The van der Waals surface area contributed by atoms with Crippen LogP contribution in [0.5, 0.6) is 0 Å². The number of pyridine rings is 1. The summed E-state index contributed by atoms with van der Waals surface area (Å²) < 4.78 is 1.82. The van der Waals surface area contributed by atoms with Crippen LogP contribution in [-0.4, -0.2) is 32.9 Å². The number of carbonyl (C=O) groups excluding carboxylic acids is 1. The molecule has 2 amide bonds. The van der Waals surface area contributed by atoms with E-state index in [2.05, 4.69) is 20.6 Å². The number of imidazole rings is 1. The molecule has 0 aliphatic rings. The predicted octanol–water partition coefficient (Wildman–Crippen LogP) is 3.51. The molecule has 26 heavy (non-hydrogen) atoms. The number of halogens is 1. The van der Waals surface area contributed by atoms with Gasteiger partial charge in [0.2, 0.25) is 0 Å². The van der Waals surface area contributed by atoms with Crippen LogP contribution in [0.2, 0.25) is 5.02 Å². The summed E-state index contributed by atoms with van der Waals surface area (Å²) in [7, 11) is 0. The molecule has 3 aromatic rings. The Morgan fingerprint density at radius 1 is 1.15 bits per heavy atom. The quantitative estimate of drug-likeness (QED) is 0.480. The standard InChI is InChI=1S/C18H18ClN5OS/c19-15-3-5-16(6-4-15)26-11-9-22-18(25)23-12-14-2-1-7-21-17(14)24-10-8-20-13-24/h1-8,10,13H,9,11-12H2,(H2,22,23,25). The van der Waals surface area contributed by atoms with Gasteiger partial charge in [0.15, 0.2) is 0 Å². The number of carbonyl (C=O) groups is 1. The average molecular weight is 388 g/mol. The van der Waals surface area contributed by atoms with E-state index in [1.165, 1.54) is 0 Å². The third kappa shape index (κ3) is 5.24. The summed E-state index contributed by atoms with van der Waals surface area (Å²) in [6.07, 6.45) is 6.91. The van der Waals surface area contributed by atoms with Crippen molar-refractivity contribution in [1.82, 2.24) is 25.2 Å². The van der Waals surface area contributed by atoms with Gasteiger partial charge < -0.3 is 10.6 Å². The minimum absolute atomic E-state index is 0.206. The van der Waals surface area contributed by atoms with Crippen molar-refractivity contribution in [3.05, 3.63) is 71.9 Å². The third-order valence-electron chi connectivity index (χ3n) is 3.53. The topological polar surface area (TPSA) is 71.8 Å². The highest BCUT2D eigenvalue weighted by Gasteiger charge is 2.07. The fourth-order valence-electron chi connectivity index (χ4n) is 2.29. The number of hydrogen-bond donors (Lipinski definition) is 2. The number of nitrogens with zero attached hydrogens (tertiary/aromatic N) is 3. The summed E-state index contributed by atoms with van der Waals surface area (Å²) >= 11 is 7.52. The van der Waals surface area contributed by atoms with Crippen molar-refractivity contribution in [2.75, 3.05) is 12.3 Å². The van der Waals surface area contributed by atoms with Gasteiger partial charge in [-0.05, 0) is 30.3 Å². The minimum atomic E-state index is -0.206. The van der Waals surface area contributed by atoms with Crippen molar-refractivity contribution in [2.45, 2.75) is 11.4 Å². The second-order valence-corrected chi connectivity index (χ2v) is 6.97. The van der Waals surface area contributed by atoms with Crippen molar-refractivity contribution in [1.29, 1.82) is 0 Å². The van der Waals surface area contributed by atoms with Gasteiger partial charge in [-0.1, -0.05) is 17.7 Å². The first-order valence-electron chi connectivity index (χ1n) is 8.04. The minimum Gasteiger partial charge on any atom is -0.337 e. The lowest BCUT2D eigenvalue weighted by atomic mass is 10.2. The molecule has 8 heteroatoms. The van der Waals surface area contributed by atoms with E-state index < -0.39 is 0 Å². The molecule has 0 atom stereocenters. The van der Waals surface area contributed by atoms with Crippen molar-refractivity contribution in [2.24, 2.45) is 0 Å². The Balaban J connectivity index is 1.43. The Morgan fingerprint density at radius 2 is 2.00 bits per heavy atom. The zero-order chi connectivity index (χ0) is 18.2. The highest BCUT2D eigenvalue weighted by Crippen LogP contribution is 2.19. The summed E-state index contributed by atoms with van der Waals surface area (Å²) in [6, 6.07) is 11.2. The van der Waals surface area contributed by atoms with Crippen LogP contribution in [0.4, 0.5) is 4.79 Å². The van der Waals surface area contributed by atoms with Gasteiger partial charge in [-0.25, -0.2) is 14.8 Å². The molecular weight excluding hydrogens is 370 g/mol. The lowest BCUT2D eigenvalue weighted by Crippen LogP contribution is -2.36. The lowest BCUT2D eigenvalue weighted by molar-refractivity contribution is 0.241. The number of nitrogens with one attached hydrogen (secondary N) is 2. The lowest BCUT2D eigenvalue weighted by Gasteiger charge is -2.11. The molecule has 0 aliphatic carbocycles. The van der Waals surface area contributed by atoms with Gasteiger partial charge in [0, 0.05) is 52.9 Å². The van der Waals surface area contributed by atoms with Gasteiger partial charge in [-0.3, -0.25) is 4.57 Å². The zero-order valence-electron chi connectivity index (χ0n) is 13.9. The van der Waals surface area contributed by atoms with E-state index in [-0.39, 0.29) is 6.03 Å². The molecule has 0 bridgehead atoms. The number of amides is 2. The number of aromatic nitrogens is 3. The Kier molecular flexibility index (Phi) is 6.51. The summed E-state index contributed by atoms with van der Waals surface area (Å²) in [5, 5.41) is 6.43. The van der Waals surface area contributed by atoms with Crippen LogP contribution in [0.3, 0.4) is 0 Å². The molecule has 2 N–H and O–H groups in total. The number of thioether (sulfide) groups is 1. The fourth-order valence-corrected chi connectivity index (χ4v) is 3.18. The van der Waals surface area contributed by atoms with E-state index in [0.717, 1.165) is 27.1 Å². The second kappa shape index (κ2) is 9.26. The molecule has 6 nitrogen and oxygen atoms in total. The summed E-state index contributed by atoms with van der Waals surface area (Å²) in [5.74, 6) is 1.53. The van der Waals surface area contributed by atoms with E-state index >= 15 is 0 Å². The Labute approximate surface area is 161 Å². The summed E-state index contributed by atoms with van der Waals surface area (Å²) in [6.45, 7) is 0.956. The van der Waals surface area contributed by atoms with Crippen molar-refractivity contribution in [3.8, 4) is 5.82 Å². The molecule has 2 aromatic heterocycles. The van der Waals surface area contributed by atoms with Crippen LogP contribution in [0.15, 0.2) is 66.2 Å². The van der Waals surface area contributed by atoms with Gasteiger partial charge in [0.05, 0.1) is 0 Å². The van der Waals surface area contributed by atoms with Crippen LogP contribution in [0.1, 0.15) is 5.56 Å². The van der Waals surface area contributed by atoms with Crippen molar-refractivity contribution in [3.63, 3.8) is 0 Å². The number of benzene rings is 1. The first-order chi connectivity index (χ1) is 12.7. The first-order valence-corrected chi connectivity index (χ1v) is 9.41. The normalized spacial score (nSPS) is 10.5. The van der Waals surface area contributed by atoms with Gasteiger partial charge in [-0.2, -0.15) is 0 Å². The van der Waals surface area contributed by atoms with Crippen LogP contribution in [0.25, 0.3) is 5.82 Å². The van der Waals surface area contributed by atoms with Gasteiger partial charge >= 0.3 is 6.03 Å². The molecular formula is C18H18ClN5OS. The summed E-state index contributed by atoms with van der Waals surface area (Å²) in [5.41, 5.74) is 0.913. The maximum absolute atomic E-state index is 12.0. The van der Waals surface area contributed by atoms with Crippen LogP contribution in [-0.2, 0) is 6.54 Å². The van der Waals surface area contributed by atoms with E-state index in [4.69, 9.17) is 11.6 Å². The first kappa shape index (κ1) is 18.3. The Bertz CT molecular complexity index is 839. The average Bonchev–Trinajstić information content (AvgIpc) is 3.20. The van der Waals surface area contributed by atoms with E-state index in [9.17, 15) is 4.79 Å². The Hall–Kier alpha value is -2.51. The molecule has 0 saturated carbocycles. The van der Waals surface area contributed by atoms with Crippen LogP contribution in [0, 0.1) is 0 Å². The molecule has 0 fully saturated rings. The van der Waals surface area contributed by atoms with Gasteiger partial charge in [0.25, 0.3) is 0 Å². The number of hydrogen-bond acceptors (Lipinski definition) is 4. The summed E-state index contributed by atoms with van der Waals surface area (Å²) in [4.78, 5) is 21.5. The van der Waals surface area contributed by atoms with Crippen molar-refractivity contribution >= 4 is 29.4 Å². The van der Waals surface area contributed by atoms with E-state index in [1.807, 2.05) is 47.2 Å². The van der Waals surface area contributed by atoms with E-state index in [0.29, 0.717) is 13.1 Å². The number of rotatable bonds is 7. The monoisotopic (exact) mass is 387 g/mol. The maximum Gasteiger partial charge on any atom is 0.315 e. The number of urea groups is 1. The van der Waals surface area contributed by atoms with E-state index in [1.54, 1.807) is 30.5 Å². The highest BCUT2D eigenvalue weighted by molar-refractivity contribution is 7.99. The van der Waals surface area contributed by atoms with Crippen LogP contribution < -0.4 is 10.6 Å². The molecule has 3 rings (SSSR count). The molecule has 0 saturated heterocycles. The maximum atomic E-state index is 12.0. The molecule has 0 aliphatic heterocycles. The van der Waals surface area contributed by atoms with Crippen molar-refractivity contribution < 1.29 is 4.79 Å². The molecule has 134 valence electrons. The highest BCUT2D eigenvalue weighted by atomic mass is 35.5. The molecule has 0 radical (unpaired) electrons. The third-order valence-corrected chi connectivity index (χ3v) is 4.79. The zero-order valence-corrected chi connectivity index (χ0v) is 15.5. The molecule has 2 heterocycles. The predicted molar refractivity (Wildman–Crippen MR) is 104 cm³/mol. The second-order valence-electron chi connectivity index (χ2n) is 5.37. The van der Waals surface area contributed by atoms with Gasteiger partial charge in [-0.15, -0.1) is 11.8 Å². The molecule has 0 spiro atoms. The fraction of sp³-hybridized carbons (Fsp3) is 0.167. The molecule has 0 unspecified atom stereocenters. The Morgan fingerprint density at radius 3 is 2.77 bits per heavy atom. The van der Waals surface area contributed by atoms with Gasteiger partial charge in [0.1, 0.15) is 12.1 Å². The SMILES string of the molecule is O=C(NCCSc1ccc(Cl)cc1)NCc1cccnc1-n1ccnc1. The largest absolute Gasteiger partial charge is 0.337 e.